The second kappa shape index (κ2) is 8.16. The van der Waals surface area contributed by atoms with Crippen LogP contribution in [0.25, 0.3) is 5.69 Å². The van der Waals surface area contributed by atoms with Crippen LogP contribution >= 0.6 is 0 Å². The fourth-order valence-corrected chi connectivity index (χ4v) is 3.16. The Morgan fingerprint density at radius 1 is 1.18 bits per heavy atom. The first-order valence-electron chi connectivity index (χ1n) is 9.47. The van der Waals surface area contributed by atoms with Crippen LogP contribution in [0.4, 0.5) is 0 Å². The number of carbonyl (C=O) groups is 1. The van der Waals surface area contributed by atoms with Gasteiger partial charge in [-0.05, 0) is 37.0 Å². The van der Waals surface area contributed by atoms with Gasteiger partial charge in [0.25, 0.3) is 5.91 Å². The van der Waals surface area contributed by atoms with Crippen LogP contribution in [0.1, 0.15) is 35.8 Å². The second-order valence-electron chi connectivity index (χ2n) is 6.72. The number of carbonyl (C=O) groups excluding carboxylic acids is 1. The number of rotatable bonds is 5. The van der Waals surface area contributed by atoms with E-state index in [1.54, 1.807) is 17.3 Å². The van der Waals surface area contributed by atoms with Crippen molar-refractivity contribution in [3.63, 3.8) is 0 Å². The molecular weight excluding hydrogens is 356 g/mol. The minimum absolute atomic E-state index is 0.130. The van der Waals surface area contributed by atoms with Crippen molar-refractivity contribution in [1.29, 1.82) is 0 Å². The van der Waals surface area contributed by atoms with Crippen LogP contribution in [0.15, 0.2) is 48.9 Å². The first-order chi connectivity index (χ1) is 13.7. The molecule has 1 atom stereocenters. The summed E-state index contributed by atoms with van der Waals surface area (Å²) in [6.07, 6.45) is 7.53. The molecule has 0 saturated carbocycles. The number of aryl methyl sites for hydroxylation is 1. The van der Waals surface area contributed by atoms with Crippen molar-refractivity contribution in [3.05, 3.63) is 60.2 Å². The SMILES string of the molecule is CCc1cnc(OC2CCCN(C(=O)c3cnn(-c4ccccc4)n3)C2)nc1. The van der Waals surface area contributed by atoms with E-state index in [0.29, 0.717) is 24.8 Å². The number of hydrogen-bond donors (Lipinski definition) is 0. The molecule has 1 aliphatic rings. The zero-order valence-electron chi connectivity index (χ0n) is 15.7. The van der Waals surface area contributed by atoms with Crippen LogP contribution in [0.2, 0.25) is 0 Å². The van der Waals surface area contributed by atoms with E-state index in [1.165, 1.54) is 11.0 Å². The molecule has 0 spiro atoms. The molecule has 1 aromatic carbocycles. The van der Waals surface area contributed by atoms with Crippen molar-refractivity contribution in [3.8, 4) is 11.7 Å². The number of ether oxygens (including phenoxy) is 1. The fraction of sp³-hybridized carbons (Fsp3) is 0.350. The molecule has 0 radical (unpaired) electrons. The standard InChI is InChI=1S/C20H22N6O2/c1-2-15-11-21-20(22-12-15)28-17-9-6-10-25(14-17)19(27)18-13-23-26(24-18)16-7-4-3-5-8-16/h3-5,7-8,11-13,17H,2,6,9-10,14H2,1H3. The van der Waals surface area contributed by atoms with Crippen molar-refractivity contribution in [2.24, 2.45) is 0 Å². The molecular formula is C20H22N6O2. The predicted molar refractivity (Wildman–Crippen MR) is 102 cm³/mol. The summed E-state index contributed by atoms with van der Waals surface area (Å²) >= 11 is 0. The Morgan fingerprint density at radius 2 is 1.96 bits per heavy atom. The Hall–Kier alpha value is -3.29. The Labute approximate surface area is 163 Å². The molecule has 0 bridgehead atoms. The van der Waals surface area contributed by atoms with Gasteiger partial charge >= 0.3 is 6.01 Å². The van der Waals surface area contributed by atoms with Crippen LogP contribution in [0, 0.1) is 0 Å². The highest BCUT2D eigenvalue weighted by atomic mass is 16.5. The number of aromatic nitrogens is 5. The third-order valence-corrected chi connectivity index (χ3v) is 4.73. The van der Waals surface area contributed by atoms with Crippen molar-refractivity contribution >= 4 is 5.91 Å². The summed E-state index contributed by atoms with van der Waals surface area (Å²) < 4.78 is 5.89. The molecule has 1 saturated heterocycles. The second-order valence-corrected chi connectivity index (χ2v) is 6.72. The average Bonchev–Trinajstić information content (AvgIpc) is 3.25. The monoisotopic (exact) mass is 378 g/mol. The number of amides is 1. The number of piperidine rings is 1. The summed E-state index contributed by atoms with van der Waals surface area (Å²) in [5, 5.41) is 8.54. The van der Waals surface area contributed by atoms with Crippen LogP contribution in [-0.4, -0.2) is 55.0 Å². The molecule has 1 unspecified atom stereocenters. The van der Waals surface area contributed by atoms with Gasteiger partial charge in [-0.15, -0.1) is 5.10 Å². The number of para-hydroxylation sites is 1. The van der Waals surface area contributed by atoms with Gasteiger partial charge in [-0.2, -0.15) is 9.90 Å². The lowest BCUT2D eigenvalue weighted by molar-refractivity contribution is 0.0510. The van der Waals surface area contributed by atoms with E-state index in [9.17, 15) is 4.79 Å². The first kappa shape index (κ1) is 18.1. The van der Waals surface area contributed by atoms with Crippen LogP contribution in [-0.2, 0) is 6.42 Å². The summed E-state index contributed by atoms with van der Waals surface area (Å²) in [4.78, 5) is 24.6. The van der Waals surface area contributed by atoms with Crippen molar-refractivity contribution in [2.45, 2.75) is 32.3 Å². The van der Waals surface area contributed by atoms with E-state index in [2.05, 4.69) is 27.1 Å². The quantitative estimate of drug-likeness (QED) is 0.677. The summed E-state index contributed by atoms with van der Waals surface area (Å²) in [6, 6.07) is 9.87. The number of likely N-dealkylation sites (tertiary alicyclic amines) is 1. The molecule has 28 heavy (non-hydrogen) atoms. The van der Waals surface area contributed by atoms with E-state index in [0.717, 1.165) is 30.5 Å². The molecule has 0 N–H and O–H groups in total. The lowest BCUT2D eigenvalue weighted by Gasteiger charge is -2.31. The van der Waals surface area contributed by atoms with E-state index < -0.39 is 0 Å². The molecule has 3 aromatic rings. The zero-order valence-corrected chi connectivity index (χ0v) is 15.7. The maximum absolute atomic E-state index is 12.8. The highest BCUT2D eigenvalue weighted by Gasteiger charge is 2.27. The van der Waals surface area contributed by atoms with Gasteiger partial charge in [-0.25, -0.2) is 9.97 Å². The number of nitrogens with zero attached hydrogens (tertiary/aromatic N) is 6. The Kier molecular flexibility index (Phi) is 5.27. The molecule has 1 aliphatic heterocycles. The number of hydrogen-bond acceptors (Lipinski definition) is 6. The van der Waals surface area contributed by atoms with Gasteiger partial charge in [-0.3, -0.25) is 4.79 Å². The van der Waals surface area contributed by atoms with Crippen molar-refractivity contribution in [2.75, 3.05) is 13.1 Å². The molecule has 0 aliphatic carbocycles. The van der Waals surface area contributed by atoms with Crippen molar-refractivity contribution in [1.82, 2.24) is 29.9 Å². The van der Waals surface area contributed by atoms with Gasteiger partial charge in [0.2, 0.25) is 0 Å². The molecule has 1 amide bonds. The van der Waals surface area contributed by atoms with Gasteiger partial charge in [-0.1, -0.05) is 25.1 Å². The highest BCUT2D eigenvalue weighted by Crippen LogP contribution is 2.17. The van der Waals surface area contributed by atoms with Crippen LogP contribution in [0.3, 0.4) is 0 Å². The molecule has 3 heterocycles. The third kappa shape index (κ3) is 4.00. The van der Waals surface area contributed by atoms with Gasteiger partial charge < -0.3 is 9.64 Å². The largest absolute Gasteiger partial charge is 0.458 e. The Bertz CT molecular complexity index is 925. The summed E-state index contributed by atoms with van der Waals surface area (Å²) in [5.41, 5.74) is 2.21. The maximum atomic E-state index is 12.8. The lowest BCUT2D eigenvalue weighted by atomic mass is 10.1. The summed E-state index contributed by atoms with van der Waals surface area (Å²) in [5.74, 6) is -0.141. The molecule has 2 aromatic heterocycles. The smallest absolute Gasteiger partial charge is 0.316 e. The molecule has 8 heteroatoms. The normalized spacial score (nSPS) is 16.8. The minimum atomic E-state index is -0.141. The summed E-state index contributed by atoms with van der Waals surface area (Å²) in [7, 11) is 0. The fourth-order valence-electron chi connectivity index (χ4n) is 3.16. The molecule has 8 nitrogen and oxygen atoms in total. The van der Waals surface area contributed by atoms with Crippen LogP contribution < -0.4 is 4.74 Å². The van der Waals surface area contributed by atoms with Gasteiger partial charge in [0, 0.05) is 18.9 Å². The van der Waals surface area contributed by atoms with E-state index in [4.69, 9.17) is 4.74 Å². The third-order valence-electron chi connectivity index (χ3n) is 4.73. The highest BCUT2D eigenvalue weighted by molar-refractivity contribution is 5.92. The Balaban J connectivity index is 1.41. The van der Waals surface area contributed by atoms with E-state index >= 15 is 0 Å². The molecule has 144 valence electrons. The summed E-state index contributed by atoms with van der Waals surface area (Å²) in [6.45, 7) is 3.21. The number of benzene rings is 1. The van der Waals surface area contributed by atoms with Crippen LogP contribution in [0.5, 0.6) is 6.01 Å². The topological polar surface area (TPSA) is 86.0 Å². The van der Waals surface area contributed by atoms with Crippen molar-refractivity contribution < 1.29 is 9.53 Å². The molecule has 4 rings (SSSR count). The maximum Gasteiger partial charge on any atom is 0.316 e. The van der Waals surface area contributed by atoms with Gasteiger partial charge in [0.1, 0.15) is 6.10 Å². The van der Waals surface area contributed by atoms with E-state index in [1.807, 2.05) is 30.3 Å². The van der Waals surface area contributed by atoms with Gasteiger partial charge in [0.15, 0.2) is 5.69 Å². The lowest BCUT2D eigenvalue weighted by Crippen LogP contribution is -2.44. The zero-order chi connectivity index (χ0) is 19.3. The average molecular weight is 378 g/mol. The first-order valence-corrected chi connectivity index (χ1v) is 9.47. The molecule has 1 fully saturated rings. The Morgan fingerprint density at radius 3 is 2.71 bits per heavy atom. The van der Waals surface area contributed by atoms with Gasteiger partial charge in [0.05, 0.1) is 18.4 Å². The minimum Gasteiger partial charge on any atom is -0.458 e. The van der Waals surface area contributed by atoms with E-state index in [-0.39, 0.29) is 12.0 Å². The predicted octanol–water partition coefficient (Wildman–Crippen LogP) is 2.30.